The molecule has 8 aliphatic rings. The largest absolute Gasteiger partial charge is 0.394 e. The van der Waals surface area contributed by atoms with Gasteiger partial charge in [-0.3, -0.25) is 0 Å². The zero-order chi connectivity index (χ0) is 46.4. The number of ether oxygens (including phenoxy) is 8. The summed E-state index contributed by atoms with van der Waals surface area (Å²) in [5, 5.41) is 117. The fourth-order valence-corrected chi connectivity index (χ4v) is 13.6. The van der Waals surface area contributed by atoms with Crippen LogP contribution in [0.25, 0.3) is 0 Å². The average Bonchev–Trinajstić information content (AvgIpc) is 3.71. The molecule has 0 radical (unpaired) electrons. The number of aliphatic hydroxyl groups is 11. The minimum atomic E-state index is -1.69. The van der Waals surface area contributed by atoms with Crippen LogP contribution in [0.2, 0.25) is 0 Å². The number of rotatable bonds is 12. The Balaban J connectivity index is 0.967. The molecule has 0 amide bonds. The first-order valence-corrected chi connectivity index (χ1v) is 23.1. The Morgan fingerprint density at radius 1 is 0.812 bits per heavy atom. The SMILES string of the molecule is C=C(CC[C@@]1(OC)O[C@H]2C[C@H]3[C@@H]4CC=C5C[C@@H](O)C[C@@H](O[C@H]6OC[C@H](O)[C@H](O)[C@H]6O[C@H]6O[C@@H](C)[C@H](O)[C@@H](O)[C@H]6O)[C@]5(C)[C@H]4[C@H](O)C[C@]3(C)[C@H]2[C@@H]1C)CO[C@@H]1O[C@H](CO)[C@@H](O)[C@H](O)[C@H]1O. The molecule has 8 rings (SSSR count). The highest BCUT2D eigenvalue weighted by Gasteiger charge is 2.71. The molecule has 26 atom stereocenters. The third-order valence-electron chi connectivity index (χ3n) is 17.1. The van der Waals surface area contributed by atoms with Gasteiger partial charge < -0.3 is 94.1 Å². The molecule has 19 heteroatoms. The third-order valence-corrected chi connectivity index (χ3v) is 17.1. The predicted octanol–water partition coefficient (Wildman–Crippen LogP) is -1.68. The van der Waals surface area contributed by atoms with Crippen LogP contribution in [0.1, 0.15) is 72.6 Å². The lowest BCUT2D eigenvalue weighted by Gasteiger charge is -2.62. The number of allylic oxidation sites excluding steroid dienone is 1. The molecule has 19 nitrogen and oxygen atoms in total. The van der Waals surface area contributed by atoms with E-state index in [0.29, 0.717) is 37.7 Å². The van der Waals surface area contributed by atoms with Crippen molar-refractivity contribution in [1.82, 2.24) is 0 Å². The van der Waals surface area contributed by atoms with Gasteiger partial charge in [0.05, 0.1) is 50.3 Å². The Kier molecular flexibility index (Phi) is 14.3. The molecule has 64 heavy (non-hydrogen) atoms. The fraction of sp³-hybridized carbons (Fsp3) is 0.911. The third kappa shape index (κ3) is 8.18. The van der Waals surface area contributed by atoms with Crippen molar-refractivity contribution in [3.8, 4) is 0 Å². The van der Waals surface area contributed by atoms with E-state index in [4.69, 9.17) is 37.9 Å². The van der Waals surface area contributed by atoms with Crippen LogP contribution in [0.5, 0.6) is 0 Å². The lowest BCUT2D eigenvalue weighted by molar-refractivity contribution is -0.363. The van der Waals surface area contributed by atoms with Gasteiger partial charge in [-0.05, 0) is 68.1 Å². The van der Waals surface area contributed by atoms with Crippen LogP contribution in [0.15, 0.2) is 23.8 Å². The lowest BCUT2D eigenvalue weighted by atomic mass is 9.45. The number of methoxy groups -OCH3 is 1. The standard InChI is InChI=1S/C45H72O19/c1-18(16-58-40-37(55)36(54)34(52)28(15-46)61-40)9-10-45(57-6)19(2)30-27(64-45)13-24-23-8-7-21-11-22(47)12-29(44(21,5)31(23)25(48)14-43(24,30)4)62-42-39(33(51)26(49)17-59-42)63-41-38(56)35(53)32(50)20(3)60-41/h7,19-20,22-42,46-56H,1,8-17H2,2-6H3/t19-,20-,22+,23-,24-,25+,26-,27-,28+,29+,30-,31+,32-,33-,34+,35+,36-,37+,38+,39+,40+,41+,42+,43-,44+,45+/m0/s1. The second kappa shape index (κ2) is 18.6. The second-order valence-electron chi connectivity index (χ2n) is 20.6. The zero-order valence-corrected chi connectivity index (χ0v) is 37.3. The second-order valence-corrected chi connectivity index (χ2v) is 20.6. The summed E-state index contributed by atoms with van der Waals surface area (Å²) in [5.74, 6) is -1.17. The van der Waals surface area contributed by atoms with Gasteiger partial charge in [-0.1, -0.05) is 44.6 Å². The quantitative estimate of drug-likeness (QED) is 0.0976. The van der Waals surface area contributed by atoms with Crippen LogP contribution in [0.3, 0.4) is 0 Å². The molecule has 0 aromatic heterocycles. The van der Waals surface area contributed by atoms with E-state index in [-0.39, 0.29) is 60.7 Å². The number of fused-ring (bicyclic) bond motifs is 7. The molecule has 3 saturated carbocycles. The summed E-state index contributed by atoms with van der Waals surface area (Å²) >= 11 is 0. The summed E-state index contributed by atoms with van der Waals surface area (Å²) in [7, 11) is 1.63. The highest BCUT2D eigenvalue weighted by molar-refractivity contribution is 5.30. The molecular formula is C45H72O19. The van der Waals surface area contributed by atoms with Crippen LogP contribution < -0.4 is 0 Å². The number of aliphatic hydroxyl groups excluding tert-OH is 11. The van der Waals surface area contributed by atoms with Crippen molar-refractivity contribution in [3.63, 3.8) is 0 Å². The molecule has 11 N–H and O–H groups in total. The molecule has 0 bridgehead atoms. The smallest absolute Gasteiger partial charge is 0.187 e. The first-order chi connectivity index (χ1) is 30.2. The van der Waals surface area contributed by atoms with E-state index in [1.54, 1.807) is 7.11 Å². The Hall–Kier alpha value is -1.28. The summed E-state index contributed by atoms with van der Waals surface area (Å²) in [4.78, 5) is 0. The van der Waals surface area contributed by atoms with Crippen LogP contribution >= 0.6 is 0 Å². The molecule has 4 saturated heterocycles. The Morgan fingerprint density at radius 3 is 2.22 bits per heavy atom. The first kappa shape index (κ1) is 49.2. The van der Waals surface area contributed by atoms with E-state index in [2.05, 4.69) is 33.4 Å². The van der Waals surface area contributed by atoms with Gasteiger partial charge in [0.15, 0.2) is 24.7 Å². The van der Waals surface area contributed by atoms with Crippen molar-refractivity contribution in [2.45, 2.75) is 189 Å². The zero-order valence-electron chi connectivity index (χ0n) is 37.3. The summed E-state index contributed by atoms with van der Waals surface area (Å²) in [5.41, 5.74) is 0.473. The maximum Gasteiger partial charge on any atom is 0.187 e. The van der Waals surface area contributed by atoms with Crippen molar-refractivity contribution in [1.29, 1.82) is 0 Å². The van der Waals surface area contributed by atoms with Crippen LogP contribution in [0.4, 0.5) is 0 Å². The van der Waals surface area contributed by atoms with E-state index >= 15 is 0 Å². The first-order valence-electron chi connectivity index (χ1n) is 23.1. The summed E-state index contributed by atoms with van der Waals surface area (Å²) in [6.07, 6.45) is -16.6. The maximum atomic E-state index is 12.5. The van der Waals surface area contributed by atoms with Gasteiger partial charge in [0.2, 0.25) is 0 Å². The number of hydrogen-bond acceptors (Lipinski definition) is 19. The van der Waals surface area contributed by atoms with Crippen molar-refractivity contribution in [3.05, 3.63) is 23.8 Å². The van der Waals surface area contributed by atoms with Gasteiger partial charge >= 0.3 is 0 Å². The Labute approximate surface area is 373 Å². The van der Waals surface area contributed by atoms with Gasteiger partial charge in [-0.25, -0.2) is 0 Å². The minimum absolute atomic E-state index is 0.00783. The monoisotopic (exact) mass is 916 g/mol. The predicted molar refractivity (Wildman–Crippen MR) is 219 cm³/mol. The maximum absolute atomic E-state index is 12.5. The van der Waals surface area contributed by atoms with Crippen molar-refractivity contribution < 1.29 is 94.1 Å². The van der Waals surface area contributed by atoms with E-state index in [1.165, 1.54) is 6.92 Å². The van der Waals surface area contributed by atoms with E-state index in [1.807, 2.05) is 0 Å². The molecule has 366 valence electrons. The van der Waals surface area contributed by atoms with Crippen LogP contribution in [-0.4, -0.2) is 199 Å². The minimum Gasteiger partial charge on any atom is -0.394 e. The van der Waals surface area contributed by atoms with Crippen LogP contribution in [-0.2, 0) is 37.9 Å². The van der Waals surface area contributed by atoms with Gasteiger partial charge in [0.25, 0.3) is 0 Å². The van der Waals surface area contributed by atoms with Crippen molar-refractivity contribution in [2.24, 2.45) is 40.4 Å². The van der Waals surface area contributed by atoms with Gasteiger partial charge in [0, 0.05) is 31.3 Å². The summed E-state index contributed by atoms with van der Waals surface area (Å²) < 4.78 is 48.8. The molecule has 0 unspecified atom stereocenters. The van der Waals surface area contributed by atoms with Gasteiger partial charge in [-0.15, -0.1) is 0 Å². The molecule has 4 aliphatic carbocycles. The molecule has 0 aromatic rings. The molecular weight excluding hydrogens is 844 g/mol. The molecule has 4 heterocycles. The summed E-state index contributed by atoms with van der Waals surface area (Å²) in [6, 6.07) is 0. The molecule has 0 spiro atoms. The molecule has 4 aliphatic heterocycles. The summed E-state index contributed by atoms with van der Waals surface area (Å²) in [6.45, 7) is 11.2. The lowest BCUT2D eigenvalue weighted by Crippen LogP contribution is -2.64. The van der Waals surface area contributed by atoms with Crippen molar-refractivity contribution >= 4 is 0 Å². The molecule has 0 aromatic carbocycles. The van der Waals surface area contributed by atoms with Crippen LogP contribution in [0, 0.1) is 40.4 Å². The van der Waals surface area contributed by atoms with E-state index in [9.17, 15) is 56.2 Å². The fourth-order valence-electron chi connectivity index (χ4n) is 13.6. The average molecular weight is 917 g/mol. The Morgan fingerprint density at radius 2 is 1.52 bits per heavy atom. The van der Waals surface area contributed by atoms with Crippen molar-refractivity contribution in [2.75, 3.05) is 26.9 Å². The Bertz CT molecular complexity index is 1690. The topological polar surface area (TPSA) is 296 Å². The highest BCUT2D eigenvalue weighted by Crippen LogP contribution is 2.70. The van der Waals surface area contributed by atoms with Gasteiger partial charge in [-0.2, -0.15) is 0 Å². The highest BCUT2D eigenvalue weighted by atomic mass is 16.8. The van der Waals surface area contributed by atoms with E-state index < -0.39 is 122 Å². The van der Waals surface area contributed by atoms with Gasteiger partial charge in [0.1, 0.15) is 61.0 Å². The normalized spacial score (nSPS) is 54.9. The number of hydrogen-bond donors (Lipinski definition) is 11. The molecule has 7 fully saturated rings. The van der Waals surface area contributed by atoms with E-state index in [0.717, 1.165) is 12.0 Å².